The number of hydrogen-bond acceptors (Lipinski definition) is 3. The summed E-state index contributed by atoms with van der Waals surface area (Å²) in [5.41, 5.74) is 6.15. The fourth-order valence-corrected chi connectivity index (χ4v) is 4.48. The molecule has 6 rings (SSSR count). The normalized spacial score (nSPS) is 13.9. The number of aromatic nitrogens is 4. The molecule has 0 atom stereocenters. The minimum absolute atomic E-state index is 0.115. The van der Waals surface area contributed by atoms with E-state index in [9.17, 15) is 9.59 Å². The van der Waals surface area contributed by atoms with E-state index in [1.807, 2.05) is 59.3 Å². The van der Waals surface area contributed by atoms with Crippen molar-refractivity contribution in [3.05, 3.63) is 88.9 Å². The van der Waals surface area contributed by atoms with E-state index in [-0.39, 0.29) is 17.4 Å². The number of carbonyl (C=O) groups is 1. The van der Waals surface area contributed by atoms with Crippen LogP contribution in [0.1, 0.15) is 30.5 Å². The molecule has 5 aromatic rings. The van der Waals surface area contributed by atoms with E-state index in [1.54, 1.807) is 12.4 Å². The number of anilines is 1. The summed E-state index contributed by atoms with van der Waals surface area (Å²) in [5.74, 6) is 0.277. The van der Waals surface area contributed by atoms with Gasteiger partial charge in [-0.25, -0.2) is 4.98 Å². The SMILES string of the molecule is O=C(Nc1ccc(Cc2c[nH]c(=O)c3cc(-c4c[nH]c5ncccc45)cn23)cc1)C1CCC1. The Bertz CT molecular complexity index is 1540. The van der Waals surface area contributed by atoms with Gasteiger partial charge in [0, 0.05) is 65.0 Å². The molecular formula is C26H23N5O2. The fraction of sp³-hybridized carbons (Fsp3) is 0.192. The number of H-pyrrole nitrogens is 2. The van der Waals surface area contributed by atoms with Crippen LogP contribution in [0, 0.1) is 5.92 Å². The summed E-state index contributed by atoms with van der Waals surface area (Å²) in [6, 6.07) is 13.8. The van der Waals surface area contributed by atoms with Crippen molar-refractivity contribution >= 4 is 28.1 Å². The Morgan fingerprint density at radius 3 is 2.76 bits per heavy atom. The lowest BCUT2D eigenvalue weighted by Crippen LogP contribution is -2.27. The van der Waals surface area contributed by atoms with Crippen molar-refractivity contribution < 1.29 is 4.79 Å². The van der Waals surface area contributed by atoms with E-state index in [4.69, 9.17) is 0 Å². The smallest absolute Gasteiger partial charge is 0.272 e. The fourth-order valence-electron chi connectivity index (χ4n) is 4.48. The van der Waals surface area contributed by atoms with E-state index in [2.05, 4.69) is 20.3 Å². The first-order valence-corrected chi connectivity index (χ1v) is 11.2. The standard InChI is InChI=1S/C26H23N5O2/c32-25(17-3-1-4-17)30-19-8-6-16(7-9-19)11-20-13-29-26(33)23-12-18(15-31(20)23)22-14-28-24-21(22)5-2-10-27-24/h2,5-10,12-15,17H,1,3-4,11H2,(H,27,28)(H,29,33)(H,30,32). The third-order valence-corrected chi connectivity index (χ3v) is 6.58. The number of hydrogen-bond donors (Lipinski definition) is 3. The molecule has 7 heteroatoms. The van der Waals surface area contributed by atoms with Crippen molar-refractivity contribution in [3.63, 3.8) is 0 Å². The molecular weight excluding hydrogens is 414 g/mol. The molecule has 0 aliphatic heterocycles. The number of nitrogens with zero attached hydrogens (tertiary/aromatic N) is 2. The lowest BCUT2D eigenvalue weighted by atomic mass is 9.85. The van der Waals surface area contributed by atoms with E-state index >= 15 is 0 Å². The molecule has 3 N–H and O–H groups in total. The van der Waals surface area contributed by atoms with Crippen molar-refractivity contribution in [3.8, 4) is 11.1 Å². The Hall–Kier alpha value is -4.13. The van der Waals surface area contributed by atoms with Gasteiger partial charge >= 0.3 is 0 Å². The average molecular weight is 438 g/mol. The largest absolute Gasteiger partial charge is 0.346 e. The molecule has 0 unspecified atom stereocenters. The molecule has 1 amide bonds. The summed E-state index contributed by atoms with van der Waals surface area (Å²) < 4.78 is 1.95. The van der Waals surface area contributed by atoms with Crippen LogP contribution in [-0.2, 0) is 11.2 Å². The number of benzene rings is 1. The summed E-state index contributed by atoms with van der Waals surface area (Å²) >= 11 is 0. The summed E-state index contributed by atoms with van der Waals surface area (Å²) in [6.45, 7) is 0. The molecule has 0 bridgehead atoms. The van der Waals surface area contributed by atoms with Crippen LogP contribution in [0.2, 0.25) is 0 Å². The van der Waals surface area contributed by atoms with E-state index in [0.717, 1.165) is 58.4 Å². The quantitative estimate of drug-likeness (QED) is 0.378. The van der Waals surface area contributed by atoms with Crippen LogP contribution in [0.4, 0.5) is 5.69 Å². The van der Waals surface area contributed by atoms with Crippen molar-refractivity contribution in [2.75, 3.05) is 5.32 Å². The number of fused-ring (bicyclic) bond motifs is 2. The molecule has 1 aliphatic rings. The van der Waals surface area contributed by atoms with Gasteiger partial charge in [0.15, 0.2) is 0 Å². The second kappa shape index (κ2) is 7.78. The second-order valence-electron chi connectivity index (χ2n) is 8.69. The molecule has 0 saturated heterocycles. The number of aromatic amines is 2. The number of amides is 1. The summed E-state index contributed by atoms with van der Waals surface area (Å²) in [5, 5.41) is 4.03. The average Bonchev–Trinajstić information content (AvgIpc) is 3.41. The van der Waals surface area contributed by atoms with Gasteiger partial charge in [-0.15, -0.1) is 0 Å². The van der Waals surface area contributed by atoms with Gasteiger partial charge in [-0.1, -0.05) is 18.6 Å². The van der Waals surface area contributed by atoms with Crippen LogP contribution in [0.5, 0.6) is 0 Å². The highest BCUT2D eigenvalue weighted by Crippen LogP contribution is 2.30. The van der Waals surface area contributed by atoms with Crippen molar-refractivity contribution in [1.82, 2.24) is 19.4 Å². The zero-order valence-electron chi connectivity index (χ0n) is 18.0. The Labute approximate surface area is 189 Å². The monoisotopic (exact) mass is 437 g/mol. The van der Waals surface area contributed by atoms with Crippen LogP contribution in [-0.4, -0.2) is 25.3 Å². The van der Waals surface area contributed by atoms with Crippen molar-refractivity contribution in [1.29, 1.82) is 0 Å². The van der Waals surface area contributed by atoms with Gasteiger partial charge < -0.3 is 19.7 Å². The van der Waals surface area contributed by atoms with E-state index in [0.29, 0.717) is 11.9 Å². The molecule has 1 saturated carbocycles. The zero-order valence-corrected chi connectivity index (χ0v) is 18.0. The highest BCUT2D eigenvalue weighted by molar-refractivity contribution is 5.94. The van der Waals surface area contributed by atoms with Crippen molar-refractivity contribution in [2.45, 2.75) is 25.7 Å². The second-order valence-corrected chi connectivity index (χ2v) is 8.69. The molecule has 4 heterocycles. The molecule has 0 radical (unpaired) electrons. The number of nitrogens with one attached hydrogen (secondary N) is 3. The van der Waals surface area contributed by atoms with Gasteiger partial charge in [-0.3, -0.25) is 9.59 Å². The molecule has 164 valence electrons. The van der Waals surface area contributed by atoms with Gasteiger partial charge in [0.2, 0.25) is 5.91 Å². The molecule has 33 heavy (non-hydrogen) atoms. The van der Waals surface area contributed by atoms with Crippen LogP contribution in [0.3, 0.4) is 0 Å². The molecule has 1 fully saturated rings. The van der Waals surface area contributed by atoms with Crippen molar-refractivity contribution in [2.24, 2.45) is 5.92 Å². The third kappa shape index (κ3) is 3.51. The maximum absolute atomic E-state index is 12.5. The Morgan fingerprint density at radius 1 is 1.12 bits per heavy atom. The predicted molar refractivity (Wildman–Crippen MR) is 128 cm³/mol. The first-order valence-electron chi connectivity index (χ1n) is 11.2. The summed E-state index contributed by atoms with van der Waals surface area (Å²) in [6.07, 6.45) is 11.2. The molecule has 1 aromatic carbocycles. The van der Waals surface area contributed by atoms with Crippen LogP contribution in [0.25, 0.3) is 27.7 Å². The van der Waals surface area contributed by atoms with Gasteiger partial charge in [0.1, 0.15) is 11.2 Å². The Morgan fingerprint density at radius 2 is 1.97 bits per heavy atom. The minimum Gasteiger partial charge on any atom is -0.346 e. The lowest BCUT2D eigenvalue weighted by Gasteiger charge is -2.24. The topological polar surface area (TPSA) is 95.0 Å². The Kier molecular flexibility index (Phi) is 4.61. The van der Waals surface area contributed by atoms with Crippen LogP contribution in [0.15, 0.2) is 72.0 Å². The molecule has 4 aromatic heterocycles. The third-order valence-electron chi connectivity index (χ3n) is 6.58. The maximum atomic E-state index is 12.5. The highest BCUT2D eigenvalue weighted by Gasteiger charge is 2.25. The lowest BCUT2D eigenvalue weighted by molar-refractivity contribution is -0.122. The summed E-state index contributed by atoms with van der Waals surface area (Å²) in [7, 11) is 0. The van der Waals surface area contributed by atoms with E-state index < -0.39 is 0 Å². The predicted octanol–water partition coefficient (Wildman–Crippen LogP) is 4.50. The van der Waals surface area contributed by atoms with E-state index in [1.165, 1.54) is 0 Å². The van der Waals surface area contributed by atoms with Gasteiger partial charge in [0.05, 0.1) is 0 Å². The first kappa shape index (κ1) is 19.5. The molecule has 0 spiro atoms. The number of carbonyl (C=O) groups excluding carboxylic acids is 1. The zero-order chi connectivity index (χ0) is 22.4. The highest BCUT2D eigenvalue weighted by atomic mass is 16.2. The van der Waals surface area contributed by atoms with Gasteiger partial charge in [-0.2, -0.15) is 0 Å². The number of rotatable bonds is 5. The van der Waals surface area contributed by atoms with Gasteiger partial charge in [0.25, 0.3) is 5.56 Å². The maximum Gasteiger partial charge on any atom is 0.272 e. The van der Waals surface area contributed by atoms with Gasteiger partial charge in [-0.05, 0) is 48.7 Å². The van der Waals surface area contributed by atoms with Crippen LogP contribution < -0.4 is 10.9 Å². The summed E-state index contributed by atoms with van der Waals surface area (Å²) in [4.78, 5) is 35.1. The minimum atomic E-state index is -0.128. The number of pyridine rings is 1. The first-order chi connectivity index (χ1) is 16.2. The van der Waals surface area contributed by atoms with Crippen LogP contribution >= 0.6 is 0 Å². The Balaban J connectivity index is 1.30. The molecule has 7 nitrogen and oxygen atoms in total. The molecule has 1 aliphatic carbocycles.